The molecule has 2 rings (SSSR count). The van der Waals surface area contributed by atoms with Crippen molar-refractivity contribution in [2.24, 2.45) is 5.92 Å². The molecule has 0 aliphatic rings. The third-order valence-corrected chi connectivity index (χ3v) is 4.52. The molecular formula is C22H28N2O5. The Kier molecular flexibility index (Phi) is 8.95. The van der Waals surface area contributed by atoms with Crippen molar-refractivity contribution in [3.8, 4) is 11.6 Å². The van der Waals surface area contributed by atoms with Gasteiger partial charge >= 0.3 is 5.97 Å². The Morgan fingerprint density at radius 3 is 2.52 bits per heavy atom. The molecule has 1 aromatic carbocycles. The second kappa shape index (κ2) is 11.7. The number of rotatable bonds is 12. The van der Waals surface area contributed by atoms with Crippen LogP contribution in [0.25, 0.3) is 0 Å². The molecule has 0 radical (unpaired) electrons. The number of ether oxygens (including phenoxy) is 2. The van der Waals surface area contributed by atoms with Gasteiger partial charge in [-0.1, -0.05) is 31.9 Å². The predicted octanol–water partition coefficient (Wildman–Crippen LogP) is 3.33. The van der Waals surface area contributed by atoms with Crippen LogP contribution in [-0.2, 0) is 11.2 Å². The van der Waals surface area contributed by atoms with Crippen LogP contribution in [0.15, 0.2) is 42.6 Å². The number of hydrogen-bond acceptors (Lipinski definition) is 5. The molecule has 0 aliphatic heterocycles. The summed E-state index contributed by atoms with van der Waals surface area (Å²) in [6.07, 6.45) is 4.56. The first-order chi connectivity index (χ1) is 14.0. The van der Waals surface area contributed by atoms with Crippen molar-refractivity contribution in [1.29, 1.82) is 0 Å². The van der Waals surface area contributed by atoms with Crippen LogP contribution in [0, 0.1) is 5.92 Å². The average Bonchev–Trinajstić information content (AvgIpc) is 2.74. The molecule has 0 saturated heterocycles. The highest BCUT2D eigenvalue weighted by atomic mass is 16.5. The number of nitrogens with one attached hydrogen (secondary N) is 1. The van der Waals surface area contributed by atoms with E-state index < -0.39 is 5.97 Å². The minimum Gasteiger partial charge on any atom is -0.492 e. The second-order valence-electron chi connectivity index (χ2n) is 6.72. The van der Waals surface area contributed by atoms with Crippen molar-refractivity contribution in [2.45, 2.75) is 32.6 Å². The summed E-state index contributed by atoms with van der Waals surface area (Å²) in [5.41, 5.74) is 1.42. The highest BCUT2D eigenvalue weighted by Crippen LogP contribution is 2.18. The fraction of sp³-hybridized carbons (Fsp3) is 0.409. The van der Waals surface area contributed by atoms with Crippen LogP contribution < -0.4 is 14.8 Å². The summed E-state index contributed by atoms with van der Waals surface area (Å²) >= 11 is 0. The Morgan fingerprint density at radius 2 is 1.93 bits per heavy atom. The summed E-state index contributed by atoms with van der Waals surface area (Å²) in [4.78, 5) is 27.4. The quantitative estimate of drug-likeness (QED) is 0.531. The fourth-order valence-corrected chi connectivity index (χ4v) is 2.84. The van der Waals surface area contributed by atoms with Crippen molar-refractivity contribution >= 4 is 11.9 Å². The van der Waals surface area contributed by atoms with Gasteiger partial charge in [0.25, 0.3) is 5.91 Å². The fourth-order valence-electron chi connectivity index (χ4n) is 2.84. The van der Waals surface area contributed by atoms with E-state index in [-0.39, 0.29) is 11.8 Å². The third-order valence-electron chi connectivity index (χ3n) is 4.52. The largest absolute Gasteiger partial charge is 0.492 e. The van der Waals surface area contributed by atoms with Crippen molar-refractivity contribution in [2.75, 3.05) is 20.3 Å². The van der Waals surface area contributed by atoms with Crippen LogP contribution >= 0.6 is 0 Å². The molecule has 1 unspecified atom stereocenters. The van der Waals surface area contributed by atoms with Gasteiger partial charge in [0, 0.05) is 12.3 Å². The molecule has 1 aromatic heterocycles. The van der Waals surface area contributed by atoms with E-state index >= 15 is 0 Å². The lowest BCUT2D eigenvalue weighted by atomic mass is 9.94. The standard InChI is InChI=1S/C22H28N2O5/c1-3-4-5-17(22(26)27)14-16-6-9-19(10-7-16)29-13-12-23-21(25)18-8-11-20(28-2)24-15-18/h6-11,15,17H,3-5,12-14H2,1-2H3,(H,23,25)(H,26,27). The monoisotopic (exact) mass is 400 g/mol. The highest BCUT2D eigenvalue weighted by Gasteiger charge is 2.17. The summed E-state index contributed by atoms with van der Waals surface area (Å²) in [6.45, 7) is 2.73. The van der Waals surface area contributed by atoms with Gasteiger partial charge in [-0.25, -0.2) is 4.98 Å². The van der Waals surface area contributed by atoms with Gasteiger partial charge < -0.3 is 19.9 Å². The smallest absolute Gasteiger partial charge is 0.306 e. The zero-order valence-electron chi connectivity index (χ0n) is 16.9. The molecule has 2 N–H and O–H groups in total. The number of nitrogens with zero attached hydrogens (tertiary/aromatic N) is 1. The Hall–Kier alpha value is -3.09. The minimum atomic E-state index is -0.749. The van der Waals surface area contributed by atoms with E-state index in [0.717, 1.165) is 18.4 Å². The van der Waals surface area contributed by atoms with Crippen LogP contribution in [0.4, 0.5) is 0 Å². The van der Waals surface area contributed by atoms with Gasteiger partial charge in [-0.2, -0.15) is 0 Å². The van der Waals surface area contributed by atoms with Crippen molar-refractivity contribution in [3.05, 3.63) is 53.7 Å². The number of methoxy groups -OCH3 is 1. The van der Waals surface area contributed by atoms with Crippen LogP contribution in [0.2, 0.25) is 0 Å². The van der Waals surface area contributed by atoms with E-state index in [4.69, 9.17) is 9.47 Å². The zero-order valence-corrected chi connectivity index (χ0v) is 16.9. The Morgan fingerprint density at radius 1 is 1.17 bits per heavy atom. The number of unbranched alkanes of at least 4 members (excludes halogenated alkanes) is 1. The summed E-state index contributed by atoms with van der Waals surface area (Å²) in [5, 5.41) is 12.1. The van der Waals surface area contributed by atoms with E-state index in [1.807, 2.05) is 24.3 Å². The Bertz CT molecular complexity index is 775. The van der Waals surface area contributed by atoms with Crippen molar-refractivity contribution in [3.63, 3.8) is 0 Å². The van der Waals surface area contributed by atoms with Crippen LogP contribution in [0.5, 0.6) is 11.6 Å². The lowest BCUT2D eigenvalue weighted by molar-refractivity contribution is -0.142. The van der Waals surface area contributed by atoms with E-state index in [0.29, 0.717) is 43.2 Å². The van der Waals surface area contributed by atoms with E-state index in [1.165, 1.54) is 13.3 Å². The van der Waals surface area contributed by atoms with Gasteiger partial charge in [0.1, 0.15) is 12.4 Å². The lowest BCUT2D eigenvalue weighted by Crippen LogP contribution is -2.28. The molecular weight excluding hydrogens is 372 g/mol. The number of carbonyl (C=O) groups excluding carboxylic acids is 1. The van der Waals surface area contributed by atoms with Gasteiger partial charge in [-0.05, 0) is 36.6 Å². The zero-order chi connectivity index (χ0) is 21.1. The van der Waals surface area contributed by atoms with E-state index in [9.17, 15) is 14.7 Å². The Balaban J connectivity index is 1.75. The maximum atomic E-state index is 12.0. The predicted molar refractivity (Wildman–Crippen MR) is 109 cm³/mol. The molecule has 7 heteroatoms. The summed E-state index contributed by atoms with van der Waals surface area (Å²) in [6, 6.07) is 10.7. The second-order valence-corrected chi connectivity index (χ2v) is 6.72. The highest BCUT2D eigenvalue weighted by molar-refractivity contribution is 5.93. The molecule has 1 heterocycles. The molecule has 0 spiro atoms. The summed E-state index contributed by atoms with van der Waals surface area (Å²) < 4.78 is 10.6. The van der Waals surface area contributed by atoms with Crippen LogP contribution in [-0.4, -0.2) is 42.2 Å². The first-order valence-corrected chi connectivity index (χ1v) is 9.76. The summed E-state index contributed by atoms with van der Waals surface area (Å²) in [5.74, 6) is -0.209. The molecule has 0 saturated carbocycles. The number of carboxylic acid groups (broad SMARTS) is 1. The van der Waals surface area contributed by atoms with Crippen LogP contribution in [0.1, 0.15) is 42.1 Å². The molecule has 1 atom stereocenters. The lowest BCUT2D eigenvalue weighted by Gasteiger charge is -2.12. The first-order valence-electron chi connectivity index (χ1n) is 9.76. The molecule has 0 aliphatic carbocycles. The number of benzene rings is 1. The van der Waals surface area contributed by atoms with Crippen molar-refractivity contribution < 1.29 is 24.2 Å². The number of carboxylic acids is 1. The number of hydrogen-bond donors (Lipinski definition) is 2. The molecule has 7 nitrogen and oxygen atoms in total. The number of carbonyl (C=O) groups is 2. The number of pyridine rings is 1. The van der Waals surface area contributed by atoms with Crippen LogP contribution in [0.3, 0.4) is 0 Å². The number of aliphatic carboxylic acids is 1. The maximum absolute atomic E-state index is 12.0. The van der Waals surface area contributed by atoms with Gasteiger partial charge in [0.05, 0.1) is 25.1 Å². The molecule has 0 bridgehead atoms. The van der Waals surface area contributed by atoms with E-state index in [2.05, 4.69) is 17.2 Å². The number of aromatic nitrogens is 1. The minimum absolute atomic E-state index is 0.231. The first kappa shape index (κ1) is 22.2. The Labute approximate surface area is 171 Å². The topological polar surface area (TPSA) is 97.8 Å². The van der Waals surface area contributed by atoms with Crippen molar-refractivity contribution in [1.82, 2.24) is 10.3 Å². The normalized spacial score (nSPS) is 11.5. The molecule has 2 aromatic rings. The molecule has 1 amide bonds. The molecule has 0 fully saturated rings. The van der Waals surface area contributed by atoms with E-state index in [1.54, 1.807) is 12.1 Å². The third kappa shape index (κ3) is 7.44. The van der Waals surface area contributed by atoms with Gasteiger partial charge in [0.15, 0.2) is 0 Å². The maximum Gasteiger partial charge on any atom is 0.306 e. The molecule has 156 valence electrons. The average molecular weight is 400 g/mol. The summed E-state index contributed by atoms with van der Waals surface area (Å²) in [7, 11) is 1.52. The SMILES string of the molecule is CCCCC(Cc1ccc(OCCNC(=O)c2ccc(OC)nc2)cc1)C(=O)O. The molecule has 29 heavy (non-hydrogen) atoms. The van der Waals surface area contributed by atoms with Gasteiger partial charge in [0.2, 0.25) is 5.88 Å². The number of amides is 1. The van der Waals surface area contributed by atoms with Gasteiger partial charge in [-0.15, -0.1) is 0 Å². The van der Waals surface area contributed by atoms with Gasteiger partial charge in [-0.3, -0.25) is 9.59 Å².